The van der Waals surface area contributed by atoms with Gasteiger partial charge in [0.25, 0.3) is 0 Å². The zero-order valence-electron chi connectivity index (χ0n) is 16.4. The van der Waals surface area contributed by atoms with Crippen molar-refractivity contribution in [1.82, 2.24) is 10.6 Å². The Hall–Kier alpha value is -2.16. The predicted molar refractivity (Wildman–Crippen MR) is 113 cm³/mol. The van der Waals surface area contributed by atoms with Crippen LogP contribution >= 0.6 is 0 Å². The average molecular weight is 549 g/mol. The molecule has 0 saturated carbocycles. The van der Waals surface area contributed by atoms with Gasteiger partial charge in [-0.3, -0.25) is 0 Å². The first-order valence-corrected chi connectivity index (χ1v) is 9.14. The number of alkyl halides is 6. The van der Waals surface area contributed by atoms with Crippen LogP contribution in [0.4, 0.5) is 32.0 Å². The fourth-order valence-corrected chi connectivity index (χ4v) is 2.05. The summed E-state index contributed by atoms with van der Waals surface area (Å²) < 4.78 is 73.4. The second-order valence-electron chi connectivity index (χ2n) is 5.71. The van der Waals surface area contributed by atoms with Crippen LogP contribution in [0.15, 0.2) is 44.7 Å². The Morgan fingerprint density at radius 1 is 0.812 bits per heavy atom. The largest absolute Gasteiger partial charge is 2.00 e. The number of halogens is 6. The third-order valence-electron chi connectivity index (χ3n) is 3.20. The Balaban J connectivity index is 0.00000961. The summed E-state index contributed by atoms with van der Waals surface area (Å²) in [5.41, 5.74) is 1.36. The zero-order valence-corrected chi connectivity index (χ0v) is 19.0. The molecule has 0 aliphatic heterocycles. The van der Waals surface area contributed by atoms with E-state index in [0.717, 1.165) is 5.69 Å². The van der Waals surface area contributed by atoms with Crippen LogP contribution in [0.5, 0.6) is 0 Å². The number of anilines is 1. The summed E-state index contributed by atoms with van der Waals surface area (Å²) in [5, 5.41) is 20.2. The molecule has 1 rings (SSSR count). The Morgan fingerprint density at radius 2 is 1.25 bits per heavy atom. The standard InChI is InChI=1S/C16H19F6N7S2.Cu/c1-9(26-28-13(30)24-7-15(17,18)19)12(10-3-5-11(23-2)6-4-10)27-29-14(31)25-8-16(20,21)22;/h3-6,23H,7-8H2,1-2H3,(H2,24,28,30)(H2,25,29,31);/q;+2/p-2/b26-9+,27-12-;. The van der Waals surface area contributed by atoms with E-state index in [4.69, 9.17) is 12.6 Å². The minimum Gasteiger partial charge on any atom is -0.741 e. The minimum absolute atomic E-state index is 0. The van der Waals surface area contributed by atoms with Crippen molar-refractivity contribution in [2.45, 2.75) is 19.3 Å². The summed E-state index contributed by atoms with van der Waals surface area (Å²) >= 11 is 9.35. The van der Waals surface area contributed by atoms with Gasteiger partial charge in [0, 0.05) is 18.3 Å². The van der Waals surface area contributed by atoms with Crippen molar-refractivity contribution < 1.29 is 43.4 Å². The molecule has 0 amide bonds. The Morgan fingerprint density at radius 3 is 1.66 bits per heavy atom. The molecule has 0 aliphatic carbocycles. The molecule has 0 spiro atoms. The molecule has 0 aromatic heterocycles. The number of amidine groups is 2. The molecule has 1 aromatic carbocycles. The van der Waals surface area contributed by atoms with E-state index in [2.05, 4.69) is 38.4 Å². The van der Waals surface area contributed by atoms with Gasteiger partial charge in [0.2, 0.25) is 0 Å². The minimum atomic E-state index is -4.50. The number of nitrogens with one attached hydrogen (secondary N) is 3. The van der Waals surface area contributed by atoms with E-state index in [9.17, 15) is 26.3 Å². The van der Waals surface area contributed by atoms with Gasteiger partial charge in [0.1, 0.15) is 18.8 Å². The molecule has 1 aromatic rings. The SMILES string of the molecule is CNc1ccc(C(=N\N=C(/[S-])NCC(F)(F)F)/C(C)=N/N=C(\[S-])NCC(F)(F)F)cc1.[Cu+2]. The first-order valence-electron chi connectivity index (χ1n) is 8.32. The maximum atomic E-state index is 12.3. The van der Waals surface area contributed by atoms with Gasteiger partial charge in [-0.15, -0.1) is 5.10 Å². The maximum absolute atomic E-state index is 12.3. The van der Waals surface area contributed by atoms with E-state index in [1.165, 1.54) is 6.92 Å². The van der Waals surface area contributed by atoms with Crippen LogP contribution in [0.2, 0.25) is 0 Å². The number of benzene rings is 1. The number of hydrogen-bond acceptors (Lipinski definition) is 7. The molecular formula is C16H17CuF6N7S2. The monoisotopic (exact) mass is 548 g/mol. The molecule has 0 saturated heterocycles. The first kappa shape index (κ1) is 29.8. The number of rotatable bonds is 7. The molecule has 0 aliphatic rings. The molecule has 3 N–H and O–H groups in total. The molecule has 16 heteroatoms. The topological polar surface area (TPSA) is 85.5 Å². The normalized spacial score (nSPS) is 14.0. The molecule has 181 valence electrons. The van der Waals surface area contributed by atoms with Gasteiger partial charge in [-0.1, -0.05) is 12.1 Å². The summed E-state index contributed by atoms with van der Waals surface area (Å²) in [4.78, 5) is 0. The zero-order chi connectivity index (χ0) is 23.7. The fraction of sp³-hybridized carbons (Fsp3) is 0.375. The molecule has 0 heterocycles. The van der Waals surface area contributed by atoms with E-state index >= 15 is 0 Å². The Kier molecular flexibility index (Phi) is 12.5. The van der Waals surface area contributed by atoms with Crippen LogP contribution in [0, 0.1) is 0 Å². The van der Waals surface area contributed by atoms with Crippen molar-refractivity contribution in [3.8, 4) is 0 Å². The summed E-state index contributed by atoms with van der Waals surface area (Å²) in [6.07, 6.45) is -8.98. The van der Waals surface area contributed by atoms with E-state index in [0.29, 0.717) is 5.56 Å². The van der Waals surface area contributed by atoms with Crippen molar-refractivity contribution in [2.75, 3.05) is 25.5 Å². The molecule has 32 heavy (non-hydrogen) atoms. The van der Waals surface area contributed by atoms with Crippen LogP contribution in [0.25, 0.3) is 0 Å². The summed E-state index contributed by atoms with van der Waals surface area (Å²) in [5.74, 6) is 0. The third-order valence-corrected chi connectivity index (χ3v) is 3.65. The van der Waals surface area contributed by atoms with Crippen LogP contribution in [-0.4, -0.2) is 54.2 Å². The predicted octanol–water partition coefficient (Wildman–Crippen LogP) is 2.92. The van der Waals surface area contributed by atoms with Gasteiger partial charge in [0.15, 0.2) is 0 Å². The third kappa shape index (κ3) is 12.6. The van der Waals surface area contributed by atoms with Gasteiger partial charge in [-0.05, 0) is 29.4 Å². The second-order valence-corrected chi connectivity index (χ2v) is 6.48. The Bertz CT molecular complexity index is 852. The summed E-state index contributed by atoms with van der Waals surface area (Å²) in [6.45, 7) is -1.36. The fourth-order valence-electron chi connectivity index (χ4n) is 1.82. The summed E-state index contributed by atoms with van der Waals surface area (Å²) in [6, 6.07) is 6.60. The molecule has 0 atom stereocenters. The van der Waals surface area contributed by atoms with Gasteiger partial charge in [-0.25, -0.2) is 0 Å². The maximum Gasteiger partial charge on any atom is 2.00 e. The number of nitrogens with zero attached hydrogens (tertiary/aromatic N) is 4. The quantitative estimate of drug-likeness (QED) is 0.122. The van der Waals surface area contributed by atoms with Crippen molar-refractivity contribution in [3.63, 3.8) is 0 Å². The van der Waals surface area contributed by atoms with E-state index in [1.807, 2.05) is 10.6 Å². The molecule has 1 radical (unpaired) electrons. The molecular weight excluding hydrogens is 532 g/mol. The summed E-state index contributed by atoms with van der Waals surface area (Å²) in [7, 11) is 1.70. The molecule has 0 unspecified atom stereocenters. The van der Waals surface area contributed by atoms with E-state index in [-0.39, 0.29) is 28.5 Å². The van der Waals surface area contributed by atoms with Gasteiger partial charge < -0.3 is 41.2 Å². The van der Waals surface area contributed by atoms with E-state index in [1.54, 1.807) is 31.3 Å². The molecule has 0 bridgehead atoms. The van der Waals surface area contributed by atoms with Crippen molar-refractivity contribution in [2.24, 2.45) is 20.4 Å². The van der Waals surface area contributed by atoms with Crippen molar-refractivity contribution >= 4 is 52.7 Å². The Labute approximate surface area is 201 Å². The first-order chi connectivity index (χ1) is 14.3. The van der Waals surface area contributed by atoms with Crippen molar-refractivity contribution in [3.05, 3.63) is 29.8 Å². The van der Waals surface area contributed by atoms with Gasteiger partial charge >= 0.3 is 29.4 Å². The van der Waals surface area contributed by atoms with Crippen LogP contribution in [0.3, 0.4) is 0 Å². The van der Waals surface area contributed by atoms with Gasteiger partial charge in [0.05, 0.1) is 5.71 Å². The average Bonchev–Trinajstić information content (AvgIpc) is 2.68. The molecule has 7 nitrogen and oxygen atoms in total. The van der Waals surface area contributed by atoms with Gasteiger partial charge in [-0.2, -0.15) is 41.6 Å². The molecule has 0 fully saturated rings. The van der Waals surface area contributed by atoms with E-state index < -0.39 is 35.8 Å². The van der Waals surface area contributed by atoms with Crippen LogP contribution in [-0.2, 0) is 42.3 Å². The van der Waals surface area contributed by atoms with Crippen molar-refractivity contribution in [1.29, 1.82) is 0 Å². The second kappa shape index (κ2) is 13.4. The van der Waals surface area contributed by atoms with Crippen LogP contribution in [0.1, 0.15) is 12.5 Å². The number of hydrogen-bond donors (Lipinski definition) is 3. The van der Waals surface area contributed by atoms with Crippen LogP contribution < -0.4 is 16.0 Å². The smallest absolute Gasteiger partial charge is 0.741 e.